The molecule has 2 nitrogen and oxygen atoms in total. The molecule has 1 saturated heterocycles. The zero-order valence-electron chi connectivity index (χ0n) is 8.96. The molecule has 1 heterocycles. The Morgan fingerprint density at radius 1 is 1.36 bits per heavy atom. The molecule has 1 saturated carbocycles. The molecule has 0 spiro atoms. The molecule has 1 aliphatic carbocycles. The molecular formula is C11H20N2S. The van der Waals surface area contributed by atoms with Crippen LogP contribution in [0.5, 0.6) is 0 Å². The van der Waals surface area contributed by atoms with Crippen molar-refractivity contribution in [2.24, 2.45) is 11.8 Å². The minimum Gasteiger partial charge on any atom is -0.363 e. The first-order valence-electron chi connectivity index (χ1n) is 5.84. The number of hydrogen-bond donors (Lipinski definition) is 1. The second-order valence-electron chi connectivity index (χ2n) is 4.59. The number of likely N-dealkylation sites (tertiary alicyclic amines) is 1. The fourth-order valence-corrected chi connectivity index (χ4v) is 3.00. The maximum Gasteiger partial charge on any atom is 0.168 e. The van der Waals surface area contributed by atoms with Crippen LogP contribution in [0.1, 0.15) is 32.6 Å². The topological polar surface area (TPSA) is 15.3 Å². The van der Waals surface area contributed by atoms with E-state index in [0.29, 0.717) is 0 Å². The van der Waals surface area contributed by atoms with Gasteiger partial charge < -0.3 is 10.2 Å². The molecule has 2 rings (SSSR count). The summed E-state index contributed by atoms with van der Waals surface area (Å²) in [4.78, 5) is 2.37. The van der Waals surface area contributed by atoms with Gasteiger partial charge in [0.05, 0.1) is 0 Å². The smallest absolute Gasteiger partial charge is 0.168 e. The van der Waals surface area contributed by atoms with E-state index in [1.807, 2.05) is 0 Å². The van der Waals surface area contributed by atoms with Crippen LogP contribution < -0.4 is 5.32 Å². The van der Waals surface area contributed by atoms with Crippen LogP contribution in [0, 0.1) is 11.8 Å². The minimum absolute atomic E-state index is 0.941. The molecule has 14 heavy (non-hydrogen) atoms. The van der Waals surface area contributed by atoms with Gasteiger partial charge in [-0.05, 0) is 43.3 Å². The number of nitrogens with one attached hydrogen (secondary N) is 1. The highest BCUT2D eigenvalue weighted by atomic mass is 32.1. The Kier molecular flexibility index (Phi) is 3.26. The first-order valence-corrected chi connectivity index (χ1v) is 6.25. The van der Waals surface area contributed by atoms with Crippen LogP contribution in [0.2, 0.25) is 0 Å². The molecule has 2 unspecified atom stereocenters. The predicted octanol–water partition coefficient (Wildman–Crippen LogP) is 2.00. The third-order valence-electron chi connectivity index (χ3n) is 3.54. The number of rotatable bonds is 2. The molecule has 80 valence electrons. The second-order valence-corrected chi connectivity index (χ2v) is 4.97. The van der Waals surface area contributed by atoms with Crippen molar-refractivity contribution >= 4 is 17.3 Å². The number of fused-ring (bicyclic) bond motifs is 1. The lowest BCUT2D eigenvalue weighted by molar-refractivity contribution is 0.456. The van der Waals surface area contributed by atoms with Crippen molar-refractivity contribution < 1.29 is 0 Å². The van der Waals surface area contributed by atoms with Crippen LogP contribution in [0.25, 0.3) is 0 Å². The number of thiocarbonyl (C=S) groups is 1. The van der Waals surface area contributed by atoms with Gasteiger partial charge in [0.15, 0.2) is 5.11 Å². The summed E-state index contributed by atoms with van der Waals surface area (Å²) in [5.74, 6) is 1.88. The van der Waals surface area contributed by atoms with Crippen LogP contribution in [-0.4, -0.2) is 29.6 Å². The van der Waals surface area contributed by atoms with Crippen LogP contribution >= 0.6 is 12.2 Å². The molecule has 2 aliphatic rings. The van der Waals surface area contributed by atoms with Gasteiger partial charge in [0, 0.05) is 19.6 Å². The highest BCUT2D eigenvalue weighted by molar-refractivity contribution is 7.80. The van der Waals surface area contributed by atoms with Crippen molar-refractivity contribution in [3.63, 3.8) is 0 Å². The molecule has 0 amide bonds. The zero-order valence-corrected chi connectivity index (χ0v) is 9.78. The van der Waals surface area contributed by atoms with Gasteiger partial charge in [-0.2, -0.15) is 0 Å². The van der Waals surface area contributed by atoms with Gasteiger partial charge >= 0.3 is 0 Å². The molecule has 0 bridgehead atoms. The summed E-state index contributed by atoms with van der Waals surface area (Å²) < 4.78 is 0. The third-order valence-corrected chi connectivity index (χ3v) is 3.94. The van der Waals surface area contributed by atoms with Gasteiger partial charge in [-0.3, -0.25) is 0 Å². The summed E-state index contributed by atoms with van der Waals surface area (Å²) in [7, 11) is 0. The maximum absolute atomic E-state index is 5.37. The first-order chi connectivity index (χ1) is 6.81. The van der Waals surface area contributed by atoms with Gasteiger partial charge in [-0.15, -0.1) is 0 Å². The summed E-state index contributed by atoms with van der Waals surface area (Å²) >= 11 is 5.37. The van der Waals surface area contributed by atoms with E-state index >= 15 is 0 Å². The maximum atomic E-state index is 5.37. The molecule has 1 N–H and O–H groups in total. The van der Waals surface area contributed by atoms with E-state index < -0.39 is 0 Å². The molecule has 0 radical (unpaired) electrons. The van der Waals surface area contributed by atoms with Crippen LogP contribution in [-0.2, 0) is 0 Å². The van der Waals surface area contributed by atoms with Gasteiger partial charge in [0.25, 0.3) is 0 Å². The Morgan fingerprint density at radius 2 is 2.00 bits per heavy atom. The van der Waals surface area contributed by atoms with Crippen molar-refractivity contribution in [1.82, 2.24) is 10.2 Å². The minimum atomic E-state index is 0.941. The fourth-order valence-electron chi connectivity index (χ4n) is 2.74. The van der Waals surface area contributed by atoms with E-state index in [9.17, 15) is 0 Å². The highest BCUT2D eigenvalue weighted by Gasteiger charge is 2.36. The second kappa shape index (κ2) is 4.47. The average Bonchev–Trinajstić information content (AvgIpc) is 2.72. The number of nitrogens with zero attached hydrogens (tertiary/aromatic N) is 1. The summed E-state index contributed by atoms with van der Waals surface area (Å²) in [6.07, 6.45) is 5.45. The van der Waals surface area contributed by atoms with Crippen LogP contribution in [0.3, 0.4) is 0 Å². The van der Waals surface area contributed by atoms with Crippen LogP contribution in [0.4, 0.5) is 0 Å². The lowest BCUT2D eigenvalue weighted by Crippen LogP contribution is -2.38. The van der Waals surface area contributed by atoms with E-state index in [0.717, 1.165) is 29.9 Å². The molecule has 1 aliphatic heterocycles. The van der Waals surface area contributed by atoms with Gasteiger partial charge in [-0.1, -0.05) is 13.3 Å². The molecule has 0 aromatic heterocycles. The van der Waals surface area contributed by atoms with Crippen molar-refractivity contribution in [2.45, 2.75) is 32.6 Å². The fraction of sp³-hybridized carbons (Fsp3) is 0.909. The molecule has 3 heteroatoms. The van der Waals surface area contributed by atoms with E-state index in [-0.39, 0.29) is 0 Å². The average molecular weight is 212 g/mol. The highest BCUT2D eigenvalue weighted by Crippen LogP contribution is 2.37. The summed E-state index contributed by atoms with van der Waals surface area (Å²) in [6.45, 7) is 5.61. The Bertz CT molecular complexity index is 205. The summed E-state index contributed by atoms with van der Waals surface area (Å²) in [6, 6.07) is 0. The largest absolute Gasteiger partial charge is 0.363 e. The SMILES string of the molecule is CCCNC(=S)N1CC2CCCC2C1. The lowest BCUT2D eigenvalue weighted by atomic mass is 10.0. The summed E-state index contributed by atoms with van der Waals surface area (Å²) in [5.41, 5.74) is 0. The lowest BCUT2D eigenvalue weighted by Gasteiger charge is -2.20. The van der Waals surface area contributed by atoms with Gasteiger partial charge in [0.1, 0.15) is 0 Å². The van der Waals surface area contributed by atoms with E-state index in [2.05, 4.69) is 17.1 Å². The Hall–Kier alpha value is -0.310. The van der Waals surface area contributed by atoms with E-state index in [1.54, 1.807) is 0 Å². The Labute approximate surface area is 92.0 Å². The third kappa shape index (κ3) is 2.02. The molecule has 0 aromatic rings. The standard InChI is InChI=1S/C11H20N2S/c1-2-6-12-11(14)13-7-9-4-3-5-10(9)8-13/h9-10H,2-8H2,1H3,(H,12,14). The number of hydrogen-bond acceptors (Lipinski definition) is 1. The Morgan fingerprint density at radius 3 is 2.57 bits per heavy atom. The van der Waals surface area contributed by atoms with Crippen molar-refractivity contribution in [3.8, 4) is 0 Å². The van der Waals surface area contributed by atoms with Crippen molar-refractivity contribution in [3.05, 3.63) is 0 Å². The van der Waals surface area contributed by atoms with E-state index in [4.69, 9.17) is 12.2 Å². The molecular weight excluding hydrogens is 192 g/mol. The van der Waals surface area contributed by atoms with Crippen LogP contribution in [0.15, 0.2) is 0 Å². The van der Waals surface area contributed by atoms with E-state index in [1.165, 1.54) is 32.4 Å². The monoisotopic (exact) mass is 212 g/mol. The molecule has 0 aromatic carbocycles. The zero-order chi connectivity index (χ0) is 9.97. The van der Waals surface area contributed by atoms with Gasteiger partial charge in [-0.25, -0.2) is 0 Å². The van der Waals surface area contributed by atoms with Crippen molar-refractivity contribution in [1.29, 1.82) is 0 Å². The quantitative estimate of drug-likeness (QED) is 0.705. The summed E-state index contributed by atoms with van der Waals surface area (Å²) in [5, 5.41) is 4.31. The molecule has 2 fully saturated rings. The van der Waals surface area contributed by atoms with Gasteiger partial charge in [0.2, 0.25) is 0 Å². The van der Waals surface area contributed by atoms with Crippen molar-refractivity contribution in [2.75, 3.05) is 19.6 Å². The normalized spacial score (nSPS) is 30.5. The predicted molar refractivity (Wildman–Crippen MR) is 63.3 cm³/mol. The first kappa shape index (κ1) is 10.2. The Balaban J connectivity index is 1.80. The molecule has 2 atom stereocenters.